The summed E-state index contributed by atoms with van der Waals surface area (Å²) in [4.78, 5) is 27.8. The molecule has 2 aromatic carbocycles. The van der Waals surface area contributed by atoms with E-state index in [9.17, 15) is 18.4 Å². The molecule has 0 heterocycles. The number of rotatable bonds is 10. The van der Waals surface area contributed by atoms with Gasteiger partial charge in [0, 0.05) is 18.3 Å². The fraction of sp³-hybridized carbons (Fsp3) is 0.440. The van der Waals surface area contributed by atoms with E-state index in [1.54, 1.807) is 35.2 Å². The third-order valence-corrected chi connectivity index (χ3v) is 6.76. The highest BCUT2D eigenvalue weighted by molar-refractivity contribution is 7.99. The number of hydrogen-bond donors (Lipinski definition) is 1. The van der Waals surface area contributed by atoms with E-state index in [1.807, 2.05) is 6.92 Å². The van der Waals surface area contributed by atoms with E-state index in [-0.39, 0.29) is 41.8 Å². The Morgan fingerprint density at radius 2 is 1.78 bits per heavy atom. The van der Waals surface area contributed by atoms with Gasteiger partial charge in [-0.2, -0.15) is 0 Å². The summed E-state index contributed by atoms with van der Waals surface area (Å²) in [6.45, 7) is 2.10. The standard InChI is InChI=1S/C25H30F2N2O2S/c1-2-23(25(31)28-21-8-4-5-9-21)29(15-18-11-13-20(26)14-12-18)24(30)17-32-16-19-7-3-6-10-22(19)27/h3,6-7,10-14,21,23H,2,4-5,8-9,15-17H2,1H3,(H,28,31)/t23-/m0/s1. The normalized spacial score (nSPS) is 14.8. The summed E-state index contributed by atoms with van der Waals surface area (Å²) in [5.74, 6) is -0.481. The summed E-state index contributed by atoms with van der Waals surface area (Å²) in [5, 5.41) is 3.10. The van der Waals surface area contributed by atoms with Crippen molar-refractivity contribution in [1.29, 1.82) is 0 Å². The lowest BCUT2D eigenvalue weighted by molar-refractivity contribution is -0.139. The summed E-state index contributed by atoms with van der Waals surface area (Å²) in [5.41, 5.74) is 1.30. The SMILES string of the molecule is CC[C@@H](C(=O)NC1CCCC1)N(Cc1ccc(F)cc1)C(=O)CSCc1ccccc1F. The minimum absolute atomic E-state index is 0.128. The van der Waals surface area contributed by atoms with Crippen LogP contribution in [0.15, 0.2) is 48.5 Å². The van der Waals surface area contributed by atoms with Crippen LogP contribution in [0.3, 0.4) is 0 Å². The summed E-state index contributed by atoms with van der Waals surface area (Å²) < 4.78 is 27.2. The second kappa shape index (κ2) is 12.0. The zero-order valence-electron chi connectivity index (χ0n) is 18.4. The van der Waals surface area contributed by atoms with Crippen molar-refractivity contribution in [2.24, 2.45) is 0 Å². The third kappa shape index (κ3) is 6.79. The lowest BCUT2D eigenvalue weighted by atomic mass is 10.1. The number of hydrogen-bond acceptors (Lipinski definition) is 3. The summed E-state index contributed by atoms with van der Waals surface area (Å²) in [6.07, 6.45) is 4.61. The zero-order valence-corrected chi connectivity index (χ0v) is 19.2. The van der Waals surface area contributed by atoms with Crippen molar-refractivity contribution in [2.45, 2.75) is 63.4 Å². The molecule has 0 bridgehead atoms. The zero-order chi connectivity index (χ0) is 22.9. The summed E-state index contributed by atoms with van der Waals surface area (Å²) in [6, 6.07) is 12.0. The average molecular weight is 461 g/mol. The molecule has 0 unspecified atom stereocenters. The van der Waals surface area contributed by atoms with Crippen LogP contribution in [0.5, 0.6) is 0 Å². The highest BCUT2D eigenvalue weighted by atomic mass is 32.2. The Morgan fingerprint density at radius 1 is 1.09 bits per heavy atom. The molecule has 1 saturated carbocycles. The molecule has 1 aliphatic rings. The van der Waals surface area contributed by atoms with Crippen LogP contribution in [0, 0.1) is 11.6 Å². The molecule has 2 amide bonds. The van der Waals surface area contributed by atoms with Gasteiger partial charge in [-0.15, -0.1) is 11.8 Å². The molecule has 32 heavy (non-hydrogen) atoms. The third-order valence-electron chi connectivity index (χ3n) is 5.79. The summed E-state index contributed by atoms with van der Waals surface area (Å²) >= 11 is 1.32. The number of carbonyl (C=O) groups is 2. The Balaban J connectivity index is 1.70. The van der Waals surface area contributed by atoms with Gasteiger partial charge in [-0.3, -0.25) is 9.59 Å². The minimum Gasteiger partial charge on any atom is -0.352 e. The van der Waals surface area contributed by atoms with Gasteiger partial charge in [0.15, 0.2) is 0 Å². The first-order chi connectivity index (χ1) is 15.5. The number of halogens is 2. The molecule has 0 radical (unpaired) electrons. The van der Waals surface area contributed by atoms with Gasteiger partial charge in [0.25, 0.3) is 0 Å². The van der Waals surface area contributed by atoms with Gasteiger partial charge in [-0.1, -0.05) is 50.1 Å². The number of nitrogens with zero attached hydrogens (tertiary/aromatic N) is 1. The molecular formula is C25H30F2N2O2S. The van der Waals surface area contributed by atoms with Gasteiger partial charge in [-0.05, 0) is 48.6 Å². The Bertz CT molecular complexity index is 901. The second-order valence-electron chi connectivity index (χ2n) is 8.15. The van der Waals surface area contributed by atoms with Crippen LogP contribution in [0.25, 0.3) is 0 Å². The van der Waals surface area contributed by atoms with E-state index in [1.165, 1.54) is 30.0 Å². The number of amides is 2. The maximum absolute atomic E-state index is 13.9. The Morgan fingerprint density at radius 3 is 2.44 bits per heavy atom. The number of nitrogens with one attached hydrogen (secondary N) is 1. The molecule has 0 aromatic heterocycles. The highest BCUT2D eigenvalue weighted by Crippen LogP contribution is 2.21. The molecule has 1 atom stereocenters. The van der Waals surface area contributed by atoms with Crippen LogP contribution in [0.1, 0.15) is 50.2 Å². The van der Waals surface area contributed by atoms with Crippen LogP contribution in [0.4, 0.5) is 8.78 Å². The molecule has 3 rings (SSSR count). The van der Waals surface area contributed by atoms with Gasteiger partial charge in [0.1, 0.15) is 17.7 Å². The first-order valence-corrected chi connectivity index (χ1v) is 12.3. The first-order valence-electron chi connectivity index (χ1n) is 11.1. The number of benzene rings is 2. The maximum atomic E-state index is 13.9. The van der Waals surface area contributed by atoms with Crippen molar-refractivity contribution in [1.82, 2.24) is 10.2 Å². The molecule has 7 heteroatoms. The predicted molar refractivity (Wildman–Crippen MR) is 124 cm³/mol. The van der Waals surface area contributed by atoms with E-state index < -0.39 is 6.04 Å². The van der Waals surface area contributed by atoms with Crippen molar-refractivity contribution in [3.63, 3.8) is 0 Å². The smallest absolute Gasteiger partial charge is 0.243 e. The molecule has 4 nitrogen and oxygen atoms in total. The molecule has 2 aromatic rings. The van der Waals surface area contributed by atoms with E-state index in [4.69, 9.17) is 0 Å². The Hall–Kier alpha value is -2.41. The van der Waals surface area contributed by atoms with Crippen LogP contribution in [-0.2, 0) is 21.9 Å². The van der Waals surface area contributed by atoms with Crippen molar-refractivity contribution in [3.8, 4) is 0 Å². The number of thioether (sulfide) groups is 1. The van der Waals surface area contributed by atoms with Gasteiger partial charge in [0.2, 0.25) is 11.8 Å². The molecule has 1 aliphatic carbocycles. The van der Waals surface area contributed by atoms with Crippen LogP contribution < -0.4 is 5.32 Å². The van der Waals surface area contributed by atoms with Crippen LogP contribution in [0.2, 0.25) is 0 Å². The largest absolute Gasteiger partial charge is 0.352 e. The fourth-order valence-corrected chi connectivity index (χ4v) is 4.92. The average Bonchev–Trinajstić information content (AvgIpc) is 3.29. The molecular weight excluding hydrogens is 430 g/mol. The Kier molecular flexibility index (Phi) is 9.09. The molecule has 1 fully saturated rings. The molecule has 1 N–H and O–H groups in total. The van der Waals surface area contributed by atoms with Crippen molar-refractivity contribution < 1.29 is 18.4 Å². The fourth-order valence-electron chi connectivity index (χ4n) is 4.02. The minimum atomic E-state index is -0.609. The van der Waals surface area contributed by atoms with Crippen molar-refractivity contribution >= 4 is 23.6 Å². The van der Waals surface area contributed by atoms with Gasteiger partial charge in [-0.25, -0.2) is 8.78 Å². The van der Waals surface area contributed by atoms with Crippen molar-refractivity contribution in [2.75, 3.05) is 5.75 Å². The Labute approximate surface area is 192 Å². The predicted octanol–water partition coefficient (Wildman–Crippen LogP) is 5.06. The molecule has 172 valence electrons. The molecule has 0 spiro atoms. The second-order valence-corrected chi connectivity index (χ2v) is 9.13. The van der Waals surface area contributed by atoms with E-state index in [2.05, 4.69) is 5.32 Å². The maximum Gasteiger partial charge on any atom is 0.243 e. The highest BCUT2D eigenvalue weighted by Gasteiger charge is 2.30. The van der Waals surface area contributed by atoms with Crippen molar-refractivity contribution in [3.05, 3.63) is 71.3 Å². The monoisotopic (exact) mass is 460 g/mol. The summed E-state index contributed by atoms with van der Waals surface area (Å²) in [7, 11) is 0. The quantitative estimate of drug-likeness (QED) is 0.539. The lowest BCUT2D eigenvalue weighted by Gasteiger charge is -2.31. The van der Waals surface area contributed by atoms with E-state index >= 15 is 0 Å². The van der Waals surface area contributed by atoms with Crippen LogP contribution >= 0.6 is 11.8 Å². The lowest BCUT2D eigenvalue weighted by Crippen LogP contribution is -2.51. The first kappa shape index (κ1) is 24.2. The van der Waals surface area contributed by atoms with Gasteiger partial charge >= 0.3 is 0 Å². The van der Waals surface area contributed by atoms with E-state index in [0.29, 0.717) is 17.7 Å². The van der Waals surface area contributed by atoms with Gasteiger partial charge < -0.3 is 10.2 Å². The van der Waals surface area contributed by atoms with E-state index in [0.717, 1.165) is 31.2 Å². The van der Waals surface area contributed by atoms with Crippen LogP contribution in [-0.4, -0.2) is 34.6 Å². The molecule has 0 saturated heterocycles. The molecule has 0 aliphatic heterocycles. The topological polar surface area (TPSA) is 49.4 Å². The number of carbonyl (C=O) groups excluding carboxylic acids is 2. The van der Waals surface area contributed by atoms with Gasteiger partial charge in [0.05, 0.1) is 5.75 Å².